The fourth-order valence-corrected chi connectivity index (χ4v) is 6.35. The van der Waals surface area contributed by atoms with Crippen LogP contribution in [0.15, 0.2) is 146 Å². The number of urea groups is 1. The van der Waals surface area contributed by atoms with Crippen molar-refractivity contribution in [2.24, 2.45) is 0 Å². The lowest BCUT2D eigenvalue weighted by molar-refractivity contribution is 0.214. The smallest absolute Gasteiger partial charge is 0.318 e. The zero-order chi connectivity index (χ0) is 27.6. The summed E-state index contributed by atoms with van der Waals surface area (Å²) in [5, 5.41) is 5.58. The molecule has 0 radical (unpaired) electrons. The van der Waals surface area contributed by atoms with Crippen molar-refractivity contribution in [1.82, 2.24) is 19.8 Å². The Hall–Kier alpha value is -5.16. The van der Waals surface area contributed by atoms with Gasteiger partial charge in [-0.05, 0) is 33.0 Å². The van der Waals surface area contributed by atoms with Gasteiger partial charge < -0.3 is 14.8 Å². The molecule has 0 saturated carbocycles. The summed E-state index contributed by atoms with van der Waals surface area (Å²) in [4.78, 5) is 19.9. The van der Waals surface area contributed by atoms with E-state index in [9.17, 15) is 4.79 Å². The van der Waals surface area contributed by atoms with Crippen molar-refractivity contribution in [3.05, 3.63) is 174 Å². The van der Waals surface area contributed by atoms with Crippen LogP contribution in [0.4, 0.5) is 4.79 Å². The molecule has 6 aromatic rings. The van der Waals surface area contributed by atoms with Crippen LogP contribution in [0, 0.1) is 0 Å². The number of nitrogens with zero attached hydrogens (tertiary/aromatic N) is 3. The van der Waals surface area contributed by atoms with E-state index < -0.39 is 5.54 Å². The molecule has 0 aliphatic carbocycles. The summed E-state index contributed by atoms with van der Waals surface area (Å²) in [6, 6.07) is 46.1. The molecule has 2 heterocycles. The van der Waals surface area contributed by atoms with Gasteiger partial charge in [-0.2, -0.15) is 0 Å². The number of fused-ring (bicyclic) bond motifs is 1. The first-order chi connectivity index (χ1) is 20.2. The molecule has 1 N–H and O–H groups in total. The van der Waals surface area contributed by atoms with Gasteiger partial charge in [0.1, 0.15) is 5.54 Å². The Labute approximate surface area is 239 Å². The highest BCUT2D eigenvalue weighted by Crippen LogP contribution is 2.42. The number of benzene rings is 5. The Morgan fingerprint density at radius 2 is 1.27 bits per heavy atom. The number of carbonyl (C=O) groups is 1. The van der Waals surface area contributed by atoms with Gasteiger partial charge in [0.2, 0.25) is 0 Å². The summed E-state index contributed by atoms with van der Waals surface area (Å²) in [7, 11) is 0. The minimum atomic E-state index is -0.680. The van der Waals surface area contributed by atoms with Gasteiger partial charge in [0.05, 0.1) is 24.6 Å². The van der Waals surface area contributed by atoms with E-state index >= 15 is 0 Å². The van der Waals surface area contributed by atoms with E-state index in [0.29, 0.717) is 13.1 Å². The Morgan fingerprint density at radius 3 is 1.90 bits per heavy atom. The van der Waals surface area contributed by atoms with Crippen molar-refractivity contribution >= 4 is 16.8 Å². The molecule has 1 fully saturated rings. The van der Waals surface area contributed by atoms with E-state index in [4.69, 9.17) is 0 Å². The van der Waals surface area contributed by atoms with Crippen LogP contribution in [0.25, 0.3) is 10.8 Å². The van der Waals surface area contributed by atoms with Crippen molar-refractivity contribution in [3.8, 4) is 0 Å². The molecule has 2 amide bonds. The lowest BCUT2D eigenvalue weighted by Gasteiger charge is -2.39. The Kier molecular flexibility index (Phi) is 6.32. The third-order valence-electron chi connectivity index (χ3n) is 8.19. The molecule has 5 heteroatoms. The number of imidazole rings is 1. The topological polar surface area (TPSA) is 50.2 Å². The number of hydrogen-bond donors (Lipinski definition) is 1. The fourth-order valence-electron chi connectivity index (χ4n) is 6.35. The second kappa shape index (κ2) is 10.4. The summed E-state index contributed by atoms with van der Waals surface area (Å²) in [5.41, 5.74) is 4.78. The second-order valence-electron chi connectivity index (χ2n) is 10.5. The molecule has 1 unspecified atom stereocenters. The molecule has 1 atom stereocenters. The minimum Gasteiger partial charge on any atom is -0.329 e. The van der Waals surface area contributed by atoms with Crippen molar-refractivity contribution in [2.45, 2.75) is 18.1 Å². The average Bonchev–Trinajstić information content (AvgIpc) is 3.65. The van der Waals surface area contributed by atoms with Gasteiger partial charge >= 0.3 is 6.03 Å². The summed E-state index contributed by atoms with van der Waals surface area (Å²) in [6.45, 7) is 1.01. The third-order valence-corrected chi connectivity index (χ3v) is 8.19. The van der Waals surface area contributed by atoms with Crippen molar-refractivity contribution in [3.63, 3.8) is 0 Å². The molecule has 0 bridgehead atoms. The Bertz CT molecular complexity index is 1700. The van der Waals surface area contributed by atoms with Crippen LogP contribution in [-0.4, -0.2) is 27.0 Å². The first-order valence-corrected chi connectivity index (χ1v) is 14.0. The van der Waals surface area contributed by atoms with Crippen LogP contribution < -0.4 is 5.32 Å². The molecule has 5 nitrogen and oxygen atoms in total. The molecule has 1 aliphatic heterocycles. The molecule has 200 valence electrons. The van der Waals surface area contributed by atoms with Gasteiger partial charge in [-0.1, -0.05) is 133 Å². The maximum absolute atomic E-state index is 13.4. The van der Waals surface area contributed by atoms with E-state index in [1.54, 1.807) is 0 Å². The monoisotopic (exact) mass is 534 g/mol. The first-order valence-electron chi connectivity index (χ1n) is 14.0. The SMILES string of the molecule is O=C1NC(c2cccc3ccccc23)CN1Cc1cncn1C(c1ccccc1)(c1ccccc1)c1ccccc1. The predicted octanol–water partition coefficient (Wildman–Crippen LogP) is 7.14. The van der Waals surface area contributed by atoms with Crippen LogP contribution in [0.2, 0.25) is 0 Å². The molecule has 1 aromatic heterocycles. The number of aromatic nitrogens is 2. The molecule has 1 saturated heterocycles. The van der Waals surface area contributed by atoms with E-state index in [1.807, 2.05) is 41.7 Å². The highest BCUT2D eigenvalue weighted by Gasteiger charge is 2.40. The predicted molar refractivity (Wildman–Crippen MR) is 162 cm³/mol. The standard InChI is InChI=1S/C36H30N4O/c41-35-38-34(33-22-12-14-27-13-10-11-21-32(27)33)25-39(35)24-31-23-37-26-40(31)36(28-15-4-1-5-16-28,29-17-6-2-7-18-29)30-19-8-3-9-20-30/h1-23,26,34H,24-25H2,(H,38,41). The van der Waals surface area contributed by atoms with E-state index in [-0.39, 0.29) is 12.1 Å². The molecule has 41 heavy (non-hydrogen) atoms. The van der Waals surface area contributed by atoms with Crippen LogP contribution in [0.1, 0.15) is 34.0 Å². The van der Waals surface area contributed by atoms with Gasteiger partial charge in [-0.3, -0.25) is 0 Å². The number of rotatable bonds is 7. The van der Waals surface area contributed by atoms with Gasteiger partial charge in [-0.25, -0.2) is 9.78 Å². The zero-order valence-corrected chi connectivity index (χ0v) is 22.6. The highest BCUT2D eigenvalue weighted by atomic mass is 16.2. The Balaban J connectivity index is 1.32. The summed E-state index contributed by atoms with van der Waals surface area (Å²) in [6.07, 6.45) is 3.79. The van der Waals surface area contributed by atoms with Crippen molar-refractivity contribution in [2.75, 3.05) is 6.54 Å². The summed E-state index contributed by atoms with van der Waals surface area (Å²) >= 11 is 0. The average molecular weight is 535 g/mol. The second-order valence-corrected chi connectivity index (χ2v) is 10.5. The number of carbonyl (C=O) groups excluding carboxylic acids is 1. The number of hydrogen-bond acceptors (Lipinski definition) is 2. The molecular formula is C36H30N4O. The Morgan fingerprint density at radius 1 is 0.707 bits per heavy atom. The van der Waals surface area contributed by atoms with Crippen molar-refractivity contribution in [1.29, 1.82) is 0 Å². The maximum atomic E-state index is 13.4. The molecule has 1 aliphatic rings. The number of amides is 2. The highest BCUT2D eigenvalue weighted by molar-refractivity contribution is 5.87. The van der Waals surface area contributed by atoms with E-state index in [1.165, 1.54) is 10.8 Å². The van der Waals surface area contributed by atoms with Gasteiger partial charge in [0.15, 0.2) is 0 Å². The normalized spacial score (nSPS) is 15.3. The van der Waals surface area contributed by atoms with E-state index in [2.05, 4.69) is 124 Å². The van der Waals surface area contributed by atoms with Gasteiger partial charge in [0.25, 0.3) is 0 Å². The third kappa shape index (κ3) is 4.27. The number of nitrogens with one attached hydrogen (secondary N) is 1. The van der Waals surface area contributed by atoms with E-state index in [0.717, 1.165) is 27.9 Å². The van der Waals surface area contributed by atoms with Crippen LogP contribution in [0.3, 0.4) is 0 Å². The van der Waals surface area contributed by atoms with Crippen LogP contribution in [0.5, 0.6) is 0 Å². The van der Waals surface area contributed by atoms with Crippen LogP contribution in [-0.2, 0) is 12.1 Å². The molecule has 7 rings (SSSR count). The lowest BCUT2D eigenvalue weighted by atomic mass is 9.76. The van der Waals surface area contributed by atoms with Crippen molar-refractivity contribution < 1.29 is 4.79 Å². The molecule has 0 spiro atoms. The largest absolute Gasteiger partial charge is 0.329 e. The minimum absolute atomic E-state index is 0.0691. The zero-order valence-electron chi connectivity index (χ0n) is 22.6. The molecular weight excluding hydrogens is 504 g/mol. The summed E-state index contributed by atoms with van der Waals surface area (Å²) in [5.74, 6) is 0. The lowest BCUT2D eigenvalue weighted by Crippen LogP contribution is -2.39. The van der Waals surface area contributed by atoms with Gasteiger partial charge in [0, 0.05) is 12.7 Å². The fraction of sp³-hybridized carbons (Fsp3) is 0.111. The van der Waals surface area contributed by atoms with Gasteiger partial charge in [-0.15, -0.1) is 0 Å². The van der Waals surface area contributed by atoms with Crippen LogP contribution >= 0.6 is 0 Å². The first kappa shape index (κ1) is 24.9. The quantitative estimate of drug-likeness (QED) is 0.221. The molecule has 5 aromatic carbocycles. The maximum Gasteiger partial charge on any atom is 0.318 e. The summed E-state index contributed by atoms with van der Waals surface area (Å²) < 4.78 is 2.24.